The van der Waals surface area contributed by atoms with Crippen molar-refractivity contribution < 1.29 is 0 Å². The lowest BCUT2D eigenvalue weighted by atomic mass is 9.83. The molecule has 2 aliphatic rings. The summed E-state index contributed by atoms with van der Waals surface area (Å²) in [7, 11) is 0. The van der Waals surface area contributed by atoms with Gasteiger partial charge in [-0.3, -0.25) is 0 Å². The fourth-order valence-electron chi connectivity index (χ4n) is 4.42. The molecule has 0 spiro atoms. The molecule has 0 radical (unpaired) electrons. The molecule has 1 nitrogen and oxygen atoms in total. The molecule has 2 atom stereocenters. The van der Waals surface area contributed by atoms with Crippen LogP contribution in [-0.4, -0.2) is 12.6 Å². The minimum absolute atomic E-state index is 0.662. The minimum Gasteiger partial charge on any atom is -0.313 e. The third-order valence-corrected chi connectivity index (χ3v) is 5.97. The molecule has 2 rings (SSSR count). The van der Waals surface area contributed by atoms with E-state index in [4.69, 9.17) is 0 Å². The molecule has 2 aliphatic carbocycles. The molecule has 0 bridgehead atoms. The summed E-state index contributed by atoms with van der Waals surface area (Å²) < 4.78 is 0. The maximum Gasteiger partial charge on any atom is 0.00673 e. The van der Waals surface area contributed by atoms with Crippen molar-refractivity contribution in [3.8, 4) is 0 Å². The van der Waals surface area contributed by atoms with Gasteiger partial charge in [-0.15, -0.1) is 0 Å². The van der Waals surface area contributed by atoms with E-state index in [9.17, 15) is 0 Å². The Hall–Kier alpha value is -0.0400. The lowest BCUT2D eigenvalue weighted by Crippen LogP contribution is -2.38. The first-order chi connectivity index (χ1) is 9.28. The summed E-state index contributed by atoms with van der Waals surface area (Å²) in [5.74, 6) is 1.03. The van der Waals surface area contributed by atoms with Crippen molar-refractivity contribution in [2.24, 2.45) is 11.3 Å². The molecular weight excluding hydrogens is 230 g/mol. The van der Waals surface area contributed by atoms with Crippen molar-refractivity contribution in [2.45, 2.75) is 96.9 Å². The third kappa shape index (κ3) is 4.48. The molecular formula is C18H35N. The Morgan fingerprint density at radius 3 is 2.42 bits per heavy atom. The summed E-state index contributed by atoms with van der Waals surface area (Å²) in [4.78, 5) is 0. The topological polar surface area (TPSA) is 12.0 Å². The average molecular weight is 265 g/mol. The van der Waals surface area contributed by atoms with Crippen molar-refractivity contribution in [1.29, 1.82) is 0 Å². The first-order valence-electron chi connectivity index (χ1n) is 9.01. The summed E-state index contributed by atoms with van der Waals surface area (Å²) >= 11 is 0. The van der Waals surface area contributed by atoms with Crippen molar-refractivity contribution in [3.05, 3.63) is 0 Å². The summed E-state index contributed by atoms with van der Waals surface area (Å²) in [6, 6.07) is 0.825. The predicted octanol–water partition coefficient (Wildman–Crippen LogP) is 5.30. The second kappa shape index (κ2) is 7.67. The van der Waals surface area contributed by atoms with Crippen molar-refractivity contribution in [1.82, 2.24) is 5.32 Å². The van der Waals surface area contributed by atoms with Crippen molar-refractivity contribution >= 4 is 0 Å². The SMILES string of the molecule is CCCC1CCCC(NCC2(CC)CCCC2)CC1. The zero-order valence-corrected chi connectivity index (χ0v) is 13.3. The van der Waals surface area contributed by atoms with Crippen LogP contribution in [-0.2, 0) is 0 Å². The van der Waals surface area contributed by atoms with Gasteiger partial charge >= 0.3 is 0 Å². The fraction of sp³-hybridized carbons (Fsp3) is 1.00. The molecule has 19 heavy (non-hydrogen) atoms. The van der Waals surface area contributed by atoms with Crippen LogP contribution in [0.4, 0.5) is 0 Å². The van der Waals surface area contributed by atoms with E-state index in [2.05, 4.69) is 19.2 Å². The van der Waals surface area contributed by atoms with Crippen LogP contribution in [0, 0.1) is 11.3 Å². The highest BCUT2D eigenvalue weighted by atomic mass is 14.9. The molecule has 112 valence electrons. The third-order valence-electron chi connectivity index (χ3n) is 5.97. The quantitative estimate of drug-likeness (QED) is 0.643. The monoisotopic (exact) mass is 265 g/mol. The van der Waals surface area contributed by atoms with Gasteiger partial charge < -0.3 is 5.32 Å². The highest BCUT2D eigenvalue weighted by molar-refractivity contribution is 4.87. The molecule has 0 aliphatic heterocycles. The van der Waals surface area contributed by atoms with E-state index in [1.54, 1.807) is 0 Å². The zero-order chi connectivity index (χ0) is 13.6. The van der Waals surface area contributed by atoms with Crippen LogP contribution in [0.25, 0.3) is 0 Å². The zero-order valence-electron chi connectivity index (χ0n) is 13.3. The lowest BCUT2D eigenvalue weighted by Gasteiger charge is -2.30. The van der Waals surface area contributed by atoms with Gasteiger partial charge in [0, 0.05) is 12.6 Å². The second-order valence-electron chi connectivity index (χ2n) is 7.30. The summed E-state index contributed by atoms with van der Waals surface area (Å²) in [6.45, 7) is 6.04. The Labute approximate surface area is 120 Å². The van der Waals surface area contributed by atoms with Gasteiger partial charge in [0.25, 0.3) is 0 Å². The normalized spacial score (nSPS) is 31.3. The van der Waals surface area contributed by atoms with Crippen molar-refractivity contribution in [3.63, 3.8) is 0 Å². The van der Waals surface area contributed by atoms with Crippen molar-refractivity contribution in [2.75, 3.05) is 6.54 Å². The van der Waals surface area contributed by atoms with Crippen LogP contribution in [0.1, 0.15) is 90.9 Å². The molecule has 2 saturated carbocycles. The summed E-state index contributed by atoms with van der Waals surface area (Å²) in [5, 5.41) is 3.96. The summed E-state index contributed by atoms with van der Waals surface area (Å²) in [6.07, 6.45) is 17.4. The first kappa shape index (κ1) is 15.4. The van der Waals surface area contributed by atoms with Gasteiger partial charge in [0.15, 0.2) is 0 Å². The Balaban J connectivity index is 1.73. The second-order valence-corrected chi connectivity index (χ2v) is 7.30. The van der Waals surface area contributed by atoms with E-state index in [1.165, 1.54) is 83.6 Å². The van der Waals surface area contributed by atoms with Crippen LogP contribution in [0.5, 0.6) is 0 Å². The molecule has 2 unspecified atom stereocenters. The molecule has 0 saturated heterocycles. The standard InChI is InChI=1S/C18H35N/c1-3-8-16-9-7-10-17(12-11-16)19-15-18(4-2)13-5-6-14-18/h16-17,19H,3-15H2,1-2H3. The van der Waals surface area contributed by atoms with Gasteiger partial charge in [0.2, 0.25) is 0 Å². The summed E-state index contributed by atoms with van der Waals surface area (Å²) in [5.41, 5.74) is 0.662. The molecule has 0 amide bonds. The molecule has 1 N–H and O–H groups in total. The van der Waals surface area contributed by atoms with Crippen LogP contribution >= 0.6 is 0 Å². The Bertz CT molecular complexity index is 242. The molecule has 0 aromatic heterocycles. The van der Waals surface area contributed by atoms with Crippen LogP contribution < -0.4 is 5.32 Å². The van der Waals surface area contributed by atoms with Gasteiger partial charge in [-0.1, -0.05) is 52.4 Å². The lowest BCUT2D eigenvalue weighted by molar-refractivity contribution is 0.249. The van der Waals surface area contributed by atoms with E-state index in [0.29, 0.717) is 5.41 Å². The van der Waals surface area contributed by atoms with E-state index >= 15 is 0 Å². The maximum absolute atomic E-state index is 3.96. The molecule has 0 heterocycles. The van der Waals surface area contributed by atoms with Crippen LogP contribution in [0.3, 0.4) is 0 Å². The minimum atomic E-state index is 0.662. The predicted molar refractivity (Wildman–Crippen MR) is 84.5 cm³/mol. The van der Waals surface area contributed by atoms with Crippen LogP contribution in [0.15, 0.2) is 0 Å². The van der Waals surface area contributed by atoms with Gasteiger partial charge in [0.1, 0.15) is 0 Å². The first-order valence-corrected chi connectivity index (χ1v) is 9.01. The van der Waals surface area contributed by atoms with E-state index < -0.39 is 0 Å². The Kier molecular flexibility index (Phi) is 6.19. The largest absolute Gasteiger partial charge is 0.313 e. The highest BCUT2D eigenvalue weighted by Crippen LogP contribution is 2.40. The van der Waals surface area contributed by atoms with Crippen LogP contribution in [0.2, 0.25) is 0 Å². The van der Waals surface area contributed by atoms with E-state index in [1.807, 2.05) is 0 Å². The van der Waals surface area contributed by atoms with Gasteiger partial charge in [-0.05, 0) is 49.9 Å². The fourth-order valence-corrected chi connectivity index (χ4v) is 4.42. The number of nitrogens with one attached hydrogen (secondary N) is 1. The van der Waals surface area contributed by atoms with Gasteiger partial charge in [-0.25, -0.2) is 0 Å². The molecule has 0 aromatic carbocycles. The van der Waals surface area contributed by atoms with Gasteiger partial charge in [0.05, 0.1) is 0 Å². The maximum atomic E-state index is 3.96. The van der Waals surface area contributed by atoms with E-state index in [0.717, 1.165) is 12.0 Å². The average Bonchev–Trinajstić information content (AvgIpc) is 2.79. The van der Waals surface area contributed by atoms with Gasteiger partial charge in [-0.2, -0.15) is 0 Å². The number of hydrogen-bond donors (Lipinski definition) is 1. The smallest absolute Gasteiger partial charge is 0.00673 e. The van der Waals surface area contributed by atoms with E-state index in [-0.39, 0.29) is 0 Å². The molecule has 1 heteroatoms. The molecule has 2 fully saturated rings. The number of rotatable bonds is 6. The molecule has 0 aromatic rings. The Morgan fingerprint density at radius 1 is 0.947 bits per heavy atom. The highest BCUT2D eigenvalue weighted by Gasteiger charge is 2.32. The Morgan fingerprint density at radius 2 is 1.74 bits per heavy atom. The number of hydrogen-bond acceptors (Lipinski definition) is 1.